The lowest BCUT2D eigenvalue weighted by atomic mass is 10.2. The minimum absolute atomic E-state index is 0.567. The summed E-state index contributed by atoms with van der Waals surface area (Å²) < 4.78 is 7.56. The van der Waals surface area contributed by atoms with E-state index in [0.29, 0.717) is 5.92 Å². The molecule has 0 spiro atoms. The molecule has 1 aliphatic rings. The normalized spacial score (nSPS) is 15.0. The Morgan fingerprint density at radius 3 is 2.81 bits per heavy atom. The Morgan fingerprint density at radius 2 is 2.14 bits per heavy atom. The molecule has 0 unspecified atom stereocenters. The van der Waals surface area contributed by atoms with E-state index in [1.807, 2.05) is 26.0 Å². The lowest BCUT2D eigenvalue weighted by Gasteiger charge is -2.08. The number of benzene rings is 1. The number of anilines is 1. The molecule has 5 nitrogen and oxygen atoms in total. The summed E-state index contributed by atoms with van der Waals surface area (Å²) in [5, 5.41) is 4.05. The Labute approximate surface area is 122 Å². The molecule has 2 N–H and O–H groups in total. The Hall–Kier alpha value is -2.30. The van der Waals surface area contributed by atoms with Crippen LogP contribution in [0.1, 0.15) is 41.6 Å². The van der Waals surface area contributed by atoms with E-state index in [2.05, 4.69) is 15.8 Å². The molecule has 2 heterocycles. The van der Waals surface area contributed by atoms with Crippen LogP contribution in [0.25, 0.3) is 11.0 Å². The number of aryl methyl sites for hydroxylation is 2. The second kappa shape index (κ2) is 4.35. The second-order valence-electron chi connectivity index (χ2n) is 5.85. The van der Waals surface area contributed by atoms with E-state index in [0.717, 1.165) is 46.1 Å². The maximum Gasteiger partial charge on any atom is 0.138 e. The summed E-state index contributed by atoms with van der Waals surface area (Å²) in [6, 6.07) is 5.98. The minimum atomic E-state index is 0.567. The van der Waals surface area contributed by atoms with Gasteiger partial charge in [-0.05, 0) is 38.8 Å². The van der Waals surface area contributed by atoms with Crippen LogP contribution in [0.5, 0.6) is 0 Å². The van der Waals surface area contributed by atoms with Crippen LogP contribution in [0.4, 0.5) is 5.69 Å². The van der Waals surface area contributed by atoms with Crippen LogP contribution in [0.3, 0.4) is 0 Å². The van der Waals surface area contributed by atoms with Gasteiger partial charge in [0.1, 0.15) is 17.1 Å². The molecule has 0 saturated heterocycles. The van der Waals surface area contributed by atoms with Crippen LogP contribution < -0.4 is 5.73 Å². The van der Waals surface area contributed by atoms with E-state index < -0.39 is 0 Å². The molecule has 5 heteroatoms. The molecule has 1 aliphatic carbocycles. The van der Waals surface area contributed by atoms with Gasteiger partial charge in [-0.1, -0.05) is 11.2 Å². The number of fused-ring (bicyclic) bond motifs is 1. The highest BCUT2D eigenvalue weighted by molar-refractivity contribution is 5.87. The van der Waals surface area contributed by atoms with E-state index >= 15 is 0 Å². The Balaban J connectivity index is 1.90. The van der Waals surface area contributed by atoms with Gasteiger partial charge in [-0.2, -0.15) is 0 Å². The first-order valence-corrected chi connectivity index (χ1v) is 7.31. The van der Waals surface area contributed by atoms with Gasteiger partial charge < -0.3 is 14.8 Å². The Kier molecular flexibility index (Phi) is 2.58. The Morgan fingerprint density at radius 1 is 1.33 bits per heavy atom. The molecule has 0 aliphatic heterocycles. The highest BCUT2D eigenvalue weighted by atomic mass is 16.5. The molecule has 0 atom stereocenters. The van der Waals surface area contributed by atoms with Gasteiger partial charge in [0.05, 0.1) is 23.4 Å². The topological polar surface area (TPSA) is 69.9 Å². The summed E-state index contributed by atoms with van der Waals surface area (Å²) >= 11 is 0. The number of para-hydroxylation sites is 1. The summed E-state index contributed by atoms with van der Waals surface area (Å²) in [6.45, 7) is 4.68. The maximum absolute atomic E-state index is 6.09. The van der Waals surface area contributed by atoms with Gasteiger partial charge in [0, 0.05) is 11.5 Å². The third-order valence-corrected chi connectivity index (χ3v) is 4.28. The van der Waals surface area contributed by atoms with Gasteiger partial charge >= 0.3 is 0 Å². The molecule has 1 aromatic carbocycles. The maximum atomic E-state index is 6.09. The van der Waals surface area contributed by atoms with E-state index in [1.54, 1.807) is 0 Å². The van der Waals surface area contributed by atoms with Crippen molar-refractivity contribution in [3.05, 3.63) is 41.0 Å². The predicted octanol–water partition coefficient (Wildman–Crippen LogP) is 3.15. The first-order valence-electron chi connectivity index (χ1n) is 7.31. The second-order valence-corrected chi connectivity index (χ2v) is 5.85. The van der Waals surface area contributed by atoms with Gasteiger partial charge in [-0.25, -0.2) is 4.98 Å². The fourth-order valence-electron chi connectivity index (χ4n) is 2.89. The Bertz CT molecular complexity index is 807. The van der Waals surface area contributed by atoms with Gasteiger partial charge in [0.15, 0.2) is 0 Å². The monoisotopic (exact) mass is 282 g/mol. The van der Waals surface area contributed by atoms with Crippen LogP contribution in [-0.2, 0) is 6.54 Å². The average Bonchev–Trinajstić information content (AvgIpc) is 3.18. The van der Waals surface area contributed by atoms with Crippen LogP contribution in [0.2, 0.25) is 0 Å². The van der Waals surface area contributed by atoms with E-state index in [9.17, 15) is 0 Å². The third-order valence-electron chi connectivity index (χ3n) is 4.28. The first kappa shape index (κ1) is 12.4. The number of nitrogens with zero attached hydrogens (tertiary/aromatic N) is 3. The van der Waals surface area contributed by atoms with Crippen LogP contribution in [0.15, 0.2) is 22.7 Å². The molecule has 3 aromatic rings. The smallest absolute Gasteiger partial charge is 0.138 e. The highest BCUT2D eigenvalue weighted by Gasteiger charge is 2.30. The molecular weight excluding hydrogens is 264 g/mol. The lowest BCUT2D eigenvalue weighted by molar-refractivity contribution is 0.392. The fraction of sp³-hybridized carbons (Fsp3) is 0.375. The van der Waals surface area contributed by atoms with Crippen molar-refractivity contribution in [3.8, 4) is 0 Å². The number of nitrogens with two attached hydrogens (primary N) is 1. The van der Waals surface area contributed by atoms with E-state index in [-0.39, 0.29) is 0 Å². The lowest BCUT2D eigenvalue weighted by Crippen LogP contribution is -2.05. The quantitative estimate of drug-likeness (QED) is 0.749. The first-order chi connectivity index (χ1) is 10.1. The van der Waals surface area contributed by atoms with Gasteiger partial charge in [-0.3, -0.25) is 0 Å². The highest BCUT2D eigenvalue weighted by Crippen LogP contribution is 2.41. The molecule has 21 heavy (non-hydrogen) atoms. The largest absolute Gasteiger partial charge is 0.397 e. The van der Waals surface area contributed by atoms with Gasteiger partial charge in [-0.15, -0.1) is 0 Å². The van der Waals surface area contributed by atoms with Crippen LogP contribution >= 0.6 is 0 Å². The SMILES string of the molecule is Cc1noc(C)c1Cn1c(C2CC2)nc2c(N)cccc21. The molecule has 1 saturated carbocycles. The molecule has 0 amide bonds. The van der Waals surface area contributed by atoms with Crippen molar-refractivity contribution in [1.82, 2.24) is 14.7 Å². The zero-order chi connectivity index (χ0) is 14.6. The van der Waals surface area contributed by atoms with E-state index in [1.165, 1.54) is 12.8 Å². The van der Waals surface area contributed by atoms with Crippen LogP contribution in [-0.4, -0.2) is 14.7 Å². The summed E-state index contributed by atoms with van der Waals surface area (Å²) in [4.78, 5) is 4.80. The molecule has 108 valence electrons. The standard InChI is InChI=1S/C16H18N4O/c1-9-12(10(2)21-19-9)8-20-14-5-3-4-13(17)15(14)18-16(20)11-6-7-11/h3-5,11H,6-8,17H2,1-2H3. The fourth-order valence-corrected chi connectivity index (χ4v) is 2.89. The van der Waals surface area contributed by atoms with Crippen molar-refractivity contribution in [2.24, 2.45) is 0 Å². The van der Waals surface area contributed by atoms with Crippen LogP contribution in [0, 0.1) is 13.8 Å². The molecule has 2 aromatic heterocycles. The third kappa shape index (κ3) is 1.92. The zero-order valence-corrected chi connectivity index (χ0v) is 12.3. The number of hydrogen-bond acceptors (Lipinski definition) is 4. The molecular formula is C16H18N4O. The summed E-state index contributed by atoms with van der Waals surface area (Å²) in [6.07, 6.45) is 2.43. The summed E-state index contributed by atoms with van der Waals surface area (Å²) in [5.74, 6) is 2.58. The van der Waals surface area contributed by atoms with Crippen molar-refractivity contribution in [3.63, 3.8) is 0 Å². The number of aromatic nitrogens is 3. The predicted molar refractivity (Wildman–Crippen MR) is 81.2 cm³/mol. The van der Waals surface area contributed by atoms with Crippen molar-refractivity contribution in [1.29, 1.82) is 0 Å². The van der Waals surface area contributed by atoms with Crippen molar-refractivity contribution < 1.29 is 4.52 Å². The average molecular weight is 282 g/mol. The number of imidazole rings is 1. The minimum Gasteiger partial charge on any atom is -0.397 e. The molecule has 0 radical (unpaired) electrons. The number of rotatable bonds is 3. The molecule has 4 rings (SSSR count). The van der Waals surface area contributed by atoms with Gasteiger partial charge in [0.2, 0.25) is 0 Å². The molecule has 0 bridgehead atoms. The van der Waals surface area contributed by atoms with E-state index in [4.69, 9.17) is 15.2 Å². The van der Waals surface area contributed by atoms with Gasteiger partial charge in [0.25, 0.3) is 0 Å². The molecule has 1 fully saturated rings. The van der Waals surface area contributed by atoms with Crippen molar-refractivity contribution in [2.75, 3.05) is 5.73 Å². The summed E-state index contributed by atoms with van der Waals surface area (Å²) in [7, 11) is 0. The number of nitrogen functional groups attached to an aromatic ring is 1. The van der Waals surface area contributed by atoms with Crippen molar-refractivity contribution >= 4 is 16.7 Å². The number of hydrogen-bond donors (Lipinski definition) is 1. The van der Waals surface area contributed by atoms with Crippen molar-refractivity contribution in [2.45, 2.75) is 39.2 Å². The zero-order valence-electron chi connectivity index (χ0n) is 12.3. The summed E-state index contributed by atoms with van der Waals surface area (Å²) in [5.41, 5.74) is 10.9.